The summed E-state index contributed by atoms with van der Waals surface area (Å²) in [4.78, 5) is 20.4. The number of carbonyl (C=O) groups is 1. The highest BCUT2D eigenvalue weighted by atomic mass is 32.1. The molecular weight excluding hydrogens is 309 g/mol. The number of oxime groups is 1. The standard InChI is InChI=1S/C14H14FN3O3S/c1-2-11(8-3-5-9(15)6-4-8)21-18-12(13(19)20)10-7-22-14(16)17-10/h3-7,11H,2H2,1H3,(H2,16,17)(H,19,20). The zero-order chi connectivity index (χ0) is 16.1. The van der Waals surface area contributed by atoms with Crippen LogP contribution in [0.2, 0.25) is 0 Å². The van der Waals surface area contributed by atoms with E-state index in [9.17, 15) is 14.3 Å². The summed E-state index contributed by atoms with van der Waals surface area (Å²) in [6.07, 6.45) is 0.0623. The summed E-state index contributed by atoms with van der Waals surface area (Å²) in [7, 11) is 0. The maximum absolute atomic E-state index is 12.9. The molecule has 1 atom stereocenters. The van der Waals surface area contributed by atoms with Gasteiger partial charge in [-0.05, 0) is 24.1 Å². The molecule has 1 aromatic heterocycles. The van der Waals surface area contributed by atoms with Crippen molar-refractivity contribution in [3.05, 3.63) is 46.7 Å². The van der Waals surface area contributed by atoms with Crippen molar-refractivity contribution < 1.29 is 19.1 Å². The van der Waals surface area contributed by atoms with Crippen molar-refractivity contribution in [1.82, 2.24) is 4.98 Å². The van der Waals surface area contributed by atoms with Gasteiger partial charge in [-0.15, -0.1) is 11.3 Å². The number of nitrogen functional groups attached to an aromatic ring is 1. The van der Waals surface area contributed by atoms with Crippen molar-refractivity contribution in [2.24, 2.45) is 5.16 Å². The van der Waals surface area contributed by atoms with Crippen molar-refractivity contribution >= 4 is 28.1 Å². The summed E-state index contributed by atoms with van der Waals surface area (Å²) in [5.41, 5.74) is 6.01. The van der Waals surface area contributed by atoms with Gasteiger partial charge in [0.1, 0.15) is 11.5 Å². The molecule has 0 saturated heterocycles. The first-order chi connectivity index (χ1) is 10.5. The average Bonchev–Trinajstić information content (AvgIpc) is 2.91. The van der Waals surface area contributed by atoms with Gasteiger partial charge in [-0.2, -0.15) is 0 Å². The van der Waals surface area contributed by atoms with Gasteiger partial charge in [0.2, 0.25) is 5.71 Å². The lowest BCUT2D eigenvalue weighted by atomic mass is 10.1. The van der Waals surface area contributed by atoms with Crippen molar-refractivity contribution in [3.8, 4) is 0 Å². The second-order valence-corrected chi connectivity index (χ2v) is 5.26. The first-order valence-corrected chi connectivity index (χ1v) is 7.33. The van der Waals surface area contributed by atoms with Crippen molar-refractivity contribution in [3.63, 3.8) is 0 Å². The maximum Gasteiger partial charge on any atom is 0.360 e. The van der Waals surface area contributed by atoms with Crippen LogP contribution in [0.5, 0.6) is 0 Å². The summed E-state index contributed by atoms with van der Waals surface area (Å²) in [6.45, 7) is 1.85. The Morgan fingerprint density at radius 2 is 2.18 bits per heavy atom. The Balaban J connectivity index is 2.21. The molecule has 0 saturated carbocycles. The van der Waals surface area contributed by atoms with Crippen molar-refractivity contribution in [2.75, 3.05) is 5.73 Å². The number of nitrogens with zero attached hydrogens (tertiary/aromatic N) is 2. The van der Waals surface area contributed by atoms with Gasteiger partial charge in [0, 0.05) is 5.38 Å². The van der Waals surface area contributed by atoms with E-state index in [0.29, 0.717) is 12.0 Å². The van der Waals surface area contributed by atoms with E-state index in [4.69, 9.17) is 10.6 Å². The topological polar surface area (TPSA) is 97.8 Å². The zero-order valence-electron chi connectivity index (χ0n) is 11.7. The van der Waals surface area contributed by atoms with Crippen LogP contribution in [0.1, 0.15) is 30.7 Å². The number of rotatable bonds is 6. The lowest BCUT2D eigenvalue weighted by Gasteiger charge is -2.13. The van der Waals surface area contributed by atoms with E-state index in [1.807, 2.05) is 6.92 Å². The number of halogens is 1. The highest BCUT2D eigenvalue weighted by Crippen LogP contribution is 2.22. The third kappa shape index (κ3) is 3.79. The van der Waals surface area contributed by atoms with Gasteiger partial charge in [-0.25, -0.2) is 14.2 Å². The molecule has 3 N–H and O–H groups in total. The predicted molar refractivity (Wildman–Crippen MR) is 81.2 cm³/mol. The number of anilines is 1. The molecule has 6 nitrogen and oxygen atoms in total. The average molecular weight is 323 g/mol. The lowest BCUT2D eigenvalue weighted by molar-refractivity contribution is -0.129. The Morgan fingerprint density at radius 3 is 2.68 bits per heavy atom. The molecule has 0 aliphatic heterocycles. The fourth-order valence-electron chi connectivity index (χ4n) is 1.76. The molecule has 0 bridgehead atoms. The molecule has 2 rings (SSSR count). The van der Waals surface area contributed by atoms with Crippen LogP contribution in [0.3, 0.4) is 0 Å². The Labute approximate surface area is 130 Å². The quantitative estimate of drug-likeness (QED) is 0.629. The Kier molecular flexibility index (Phi) is 5.05. The number of thiazole rings is 1. The number of benzene rings is 1. The van der Waals surface area contributed by atoms with E-state index in [2.05, 4.69) is 10.1 Å². The van der Waals surface area contributed by atoms with Crippen LogP contribution in [0.15, 0.2) is 34.8 Å². The monoisotopic (exact) mass is 323 g/mol. The van der Waals surface area contributed by atoms with Gasteiger partial charge in [0.05, 0.1) is 0 Å². The molecule has 8 heteroatoms. The van der Waals surface area contributed by atoms with E-state index >= 15 is 0 Å². The van der Waals surface area contributed by atoms with Crippen LogP contribution < -0.4 is 5.73 Å². The highest BCUT2D eigenvalue weighted by Gasteiger charge is 2.19. The summed E-state index contributed by atoms with van der Waals surface area (Å²) < 4.78 is 12.9. The zero-order valence-corrected chi connectivity index (χ0v) is 12.5. The van der Waals surface area contributed by atoms with E-state index in [-0.39, 0.29) is 22.4 Å². The van der Waals surface area contributed by atoms with Crippen LogP contribution in [0.25, 0.3) is 0 Å². The Morgan fingerprint density at radius 1 is 1.50 bits per heavy atom. The minimum atomic E-state index is -1.26. The molecule has 0 fully saturated rings. The van der Waals surface area contributed by atoms with E-state index < -0.39 is 12.1 Å². The van der Waals surface area contributed by atoms with Crippen molar-refractivity contribution in [2.45, 2.75) is 19.4 Å². The van der Waals surface area contributed by atoms with Gasteiger partial charge in [-0.3, -0.25) is 0 Å². The van der Waals surface area contributed by atoms with Gasteiger partial charge >= 0.3 is 5.97 Å². The fraction of sp³-hybridized carbons (Fsp3) is 0.214. The Hall–Kier alpha value is -2.48. The van der Waals surface area contributed by atoms with Gasteiger partial charge in [0.25, 0.3) is 0 Å². The second kappa shape index (κ2) is 6.99. The molecule has 0 amide bonds. The van der Waals surface area contributed by atoms with Crippen LogP contribution in [0.4, 0.5) is 9.52 Å². The highest BCUT2D eigenvalue weighted by molar-refractivity contribution is 7.13. The number of carboxylic acids is 1. The predicted octanol–water partition coefficient (Wildman–Crippen LogP) is 2.82. The maximum atomic E-state index is 12.9. The summed E-state index contributed by atoms with van der Waals surface area (Å²) >= 11 is 1.11. The normalized spacial score (nSPS) is 12.9. The first-order valence-electron chi connectivity index (χ1n) is 6.45. The molecule has 0 aliphatic carbocycles. The SMILES string of the molecule is CCC(ON=C(C(=O)O)c1csc(N)n1)c1ccc(F)cc1. The van der Waals surface area contributed by atoms with Crippen LogP contribution in [-0.2, 0) is 9.63 Å². The number of carboxylic acid groups (broad SMARTS) is 1. The first kappa shape index (κ1) is 15.9. The molecule has 1 heterocycles. The Bertz CT molecular complexity index is 685. The van der Waals surface area contributed by atoms with Crippen molar-refractivity contribution in [1.29, 1.82) is 0 Å². The molecule has 0 spiro atoms. The molecular formula is C14H14FN3O3S. The molecule has 2 aromatic rings. The fourth-order valence-corrected chi connectivity index (χ4v) is 2.30. The number of nitrogens with two attached hydrogens (primary N) is 1. The summed E-state index contributed by atoms with van der Waals surface area (Å²) in [6, 6.07) is 5.76. The van der Waals surface area contributed by atoms with Gasteiger partial charge in [-0.1, -0.05) is 24.2 Å². The van der Waals surface area contributed by atoms with Gasteiger partial charge < -0.3 is 15.7 Å². The largest absolute Gasteiger partial charge is 0.476 e. The van der Waals surface area contributed by atoms with E-state index in [1.165, 1.54) is 17.5 Å². The molecule has 0 aliphatic rings. The molecule has 22 heavy (non-hydrogen) atoms. The minimum absolute atomic E-state index is 0.143. The molecule has 116 valence electrons. The van der Waals surface area contributed by atoms with Crippen LogP contribution in [-0.4, -0.2) is 21.8 Å². The van der Waals surface area contributed by atoms with E-state index in [0.717, 1.165) is 11.3 Å². The molecule has 1 unspecified atom stereocenters. The smallest absolute Gasteiger partial charge is 0.360 e. The molecule has 1 aromatic carbocycles. The number of hydrogen-bond donors (Lipinski definition) is 2. The minimum Gasteiger partial charge on any atom is -0.476 e. The third-order valence-electron chi connectivity index (χ3n) is 2.85. The number of aliphatic carboxylic acids is 1. The number of aromatic nitrogens is 1. The summed E-state index contributed by atoms with van der Waals surface area (Å²) in [5, 5.41) is 14.6. The summed E-state index contributed by atoms with van der Waals surface area (Å²) in [5.74, 6) is -1.62. The lowest BCUT2D eigenvalue weighted by Crippen LogP contribution is -2.16. The molecule has 0 radical (unpaired) electrons. The van der Waals surface area contributed by atoms with Crippen LogP contribution in [0, 0.1) is 5.82 Å². The van der Waals surface area contributed by atoms with Crippen LogP contribution >= 0.6 is 11.3 Å². The third-order valence-corrected chi connectivity index (χ3v) is 3.52. The van der Waals surface area contributed by atoms with Gasteiger partial charge in [0.15, 0.2) is 11.2 Å². The second-order valence-electron chi connectivity index (χ2n) is 4.37. The van der Waals surface area contributed by atoms with E-state index in [1.54, 1.807) is 12.1 Å². The number of hydrogen-bond acceptors (Lipinski definition) is 6.